The van der Waals surface area contributed by atoms with Gasteiger partial charge in [0, 0.05) is 12.1 Å². The summed E-state index contributed by atoms with van der Waals surface area (Å²) in [4.78, 5) is 14.0. The summed E-state index contributed by atoms with van der Waals surface area (Å²) in [6, 6.07) is 0.837. The molecule has 2 fully saturated rings. The van der Waals surface area contributed by atoms with Crippen LogP contribution < -0.4 is 0 Å². The van der Waals surface area contributed by atoms with Crippen LogP contribution in [0.4, 0.5) is 0 Å². The van der Waals surface area contributed by atoms with Gasteiger partial charge in [-0.25, -0.2) is 0 Å². The molecule has 0 radical (unpaired) electrons. The summed E-state index contributed by atoms with van der Waals surface area (Å²) in [5, 5.41) is 9.46. The van der Waals surface area contributed by atoms with Crippen molar-refractivity contribution in [3.8, 4) is 0 Å². The van der Waals surface area contributed by atoms with Gasteiger partial charge in [0.1, 0.15) is 0 Å². The molecule has 4 atom stereocenters. The van der Waals surface area contributed by atoms with Crippen molar-refractivity contribution in [3.63, 3.8) is 0 Å². The van der Waals surface area contributed by atoms with Crippen LogP contribution in [0.5, 0.6) is 0 Å². The van der Waals surface area contributed by atoms with Gasteiger partial charge in [0.2, 0.25) is 0 Å². The second-order valence-corrected chi connectivity index (χ2v) is 6.37. The van der Waals surface area contributed by atoms with Crippen molar-refractivity contribution < 1.29 is 9.90 Å². The van der Waals surface area contributed by atoms with Crippen LogP contribution in [0.25, 0.3) is 0 Å². The molecule has 0 spiro atoms. The zero-order valence-electron chi connectivity index (χ0n) is 11.8. The highest BCUT2D eigenvalue weighted by Gasteiger charge is 2.38. The SMILES string of the molecule is CC1CCC(C(=O)O)C(N2CCCCCC2C)C1. The number of likely N-dealkylation sites (tertiary alicyclic amines) is 1. The second kappa shape index (κ2) is 6.05. The van der Waals surface area contributed by atoms with Gasteiger partial charge in [0.25, 0.3) is 0 Å². The number of aliphatic carboxylic acids is 1. The molecule has 2 aliphatic rings. The molecule has 0 aromatic heterocycles. The molecule has 4 unspecified atom stereocenters. The van der Waals surface area contributed by atoms with Crippen molar-refractivity contribution in [3.05, 3.63) is 0 Å². The summed E-state index contributed by atoms with van der Waals surface area (Å²) >= 11 is 0. The molecule has 0 aromatic rings. The van der Waals surface area contributed by atoms with E-state index in [9.17, 15) is 9.90 Å². The highest BCUT2D eigenvalue weighted by Crippen LogP contribution is 2.35. The summed E-state index contributed by atoms with van der Waals surface area (Å²) in [6.45, 7) is 5.65. The van der Waals surface area contributed by atoms with E-state index in [0.29, 0.717) is 12.0 Å². The standard InChI is InChI=1S/C15H27NO2/c1-11-7-8-13(15(17)18)14(10-11)16-9-5-3-4-6-12(16)2/h11-14H,3-10H2,1-2H3,(H,17,18). The van der Waals surface area contributed by atoms with E-state index >= 15 is 0 Å². The Morgan fingerprint density at radius 1 is 1.11 bits per heavy atom. The lowest BCUT2D eigenvalue weighted by Crippen LogP contribution is -2.50. The molecule has 3 heteroatoms. The third kappa shape index (κ3) is 3.05. The minimum atomic E-state index is -0.580. The molecule has 18 heavy (non-hydrogen) atoms. The molecular weight excluding hydrogens is 226 g/mol. The molecule has 2 rings (SSSR count). The highest BCUT2D eigenvalue weighted by molar-refractivity contribution is 5.71. The molecule has 1 saturated carbocycles. The van der Waals surface area contributed by atoms with E-state index in [-0.39, 0.29) is 12.0 Å². The summed E-state index contributed by atoms with van der Waals surface area (Å²) in [5.74, 6) is -0.0360. The first kappa shape index (κ1) is 13.9. The van der Waals surface area contributed by atoms with Crippen molar-refractivity contribution in [1.29, 1.82) is 0 Å². The van der Waals surface area contributed by atoms with E-state index in [4.69, 9.17) is 0 Å². The minimum absolute atomic E-state index is 0.137. The third-order valence-electron chi connectivity index (χ3n) is 4.93. The first-order valence-corrected chi connectivity index (χ1v) is 7.58. The number of carboxylic acids is 1. The average Bonchev–Trinajstić information content (AvgIpc) is 2.53. The van der Waals surface area contributed by atoms with Crippen LogP contribution in [0.15, 0.2) is 0 Å². The van der Waals surface area contributed by atoms with Gasteiger partial charge >= 0.3 is 5.97 Å². The molecule has 1 saturated heterocycles. The topological polar surface area (TPSA) is 40.5 Å². The minimum Gasteiger partial charge on any atom is -0.481 e. The number of rotatable bonds is 2. The van der Waals surface area contributed by atoms with Crippen LogP contribution in [0.2, 0.25) is 0 Å². The van der Waals surface area contributed by atoms with E-state index in [1.807, 2.05) is 0 Å². The van der Waals surface area contributed by atoms with Gasteiger partial charge in [-0.2, -0.15) is 0 Å². The zero-order valence-corrected chi connectivity index (χ0v) is 11.8. The molecule has 1 heterocycles. The van der Waals surface area contributed by atoms with Crippen molar-refractivity contribution in [1.82, 2.24) is 4.90 Å². The average molecular weight is 253 g/mol. The van der Waals surface area contributed by atoms with Gasteiger partial charge in [0.05, 0.1) is 5.92 Å². The van der Waals surface area contributed by atoms with E-state index in [2.05, 4.69) is 18.7 Å². The summed E-state index contributed by atoms with van der Waals surface area (Å²) in [7, 11) is 0. The van der Waals surface area contributed by atoms with Crippen molar-refractivity contribution in [2.45, 2.75) is 70.9 Å². The lowest BCUT2D eigenvalue weighted by atomic mass is 9.77. The smallest absolute Gasteiger partial charge is 0.308 e. The molecule has 1 aliphatic carbocycles. The van der Waals surface area contributed by atoms with Gasteiger partial charge in [-0.05, 0) is 51.5 Å². The van der Waals surface area contributed by atoms with E-state index < -0.39 is 5.97 Å². The summed E-state index contributed by atoms with van der Waals surface area (Å²) in [6.07, 6.45) is 8.10. The Balaban J connectivity index is 2.12. The van der Waals surface area contributed by atoms with Crippen LogP contribution in [0.1, 0.15) is 58.8 Å². The number of hydrogen-bond acceptors (Lipinski definition) is 2. The Bertz CT molecular complexity index is 292. The maximum Gasteiger partial charge on any atom is 0.308 e. The van der Waals surface area contributed by atoms with Crippen LogP contribution in [-0.4, -0.2) is 34.6 Å². The first-order chi connectivity index (χ1) is 8.59. The summed E-state index contributed by atoms with van der Waals surface area (Å²) in [5.41, 5.74) is 0. The molecule has 0 bridgehead atoms. The Morgan fingerprint density at radius 2 is 1.89 bits per heavy atom. The number of carbonyl (C=O) groups is 1. The molecule has 1 aliphatic heterocycles. The normalized spacial score (nSPS) is 39.2. The quantitative estimate of drug-likeness (QED) is 0.822. The predicted molar refractivity (Wildman–Crippen MR) is 72.6 cm³/mol. The number of carboxylic acid groups (broad SMARTS) is 1. The predicted octanol–water partition coefficient (Wildman–Crippen LogP) is 3.14. The van der Waals surface area contributed by atoms with E-state index in [0.717, 1.165) is 25.8 Å². The molecule has 1 N–H and O–H groups in total. The van der Waals surface area contributed by atoms with Gasteiger partial charge in [-0.1, -0.05) is 19.8 Å². The first-order valence-electron chi connectivity index (χ1n) is 7.58. The van der Waals surface area contributed by atoms with Crippen LogP contribution in [0.3, 0.4) is 0 Å². The fourth-order valence-corrected chi connectivity index (χ4v) is 3.80. The second-order valence-electron chi connectivity index (χ2n) is 6.37. The maximum absolute atomic E-state index is 11.5. The molecular formula is C15H27NO2. The summed E-state index contributed by atoms with van der Waals surface area (Å²) < 4.78 is 0. The fourth-order valence-electron chi connectivity index (χ4n) is 3.80. The number of hydrogen-bond donors (Lipinski definition) is 1. The Labute approximate surface area is 111 Å². The molecule has 104 valence electrons. The Hall–Kier alpha value is -0.570. The van der Waals surface area contributed by atoms with Crippen LogP contribution in [0, 0.1) is 11.8 Å². The maximum atomic E-state index is 11.5. The molecule has 3 nitrogen and oxygen atoms in total. The van der Waals surface area contributed by atoms with E-state index in [1.165, 1.54) is 25.7 Å². The lowest BCUT2D eigenvalue weighted by molar-refractivity contribution is -0.146. The largest absolute Gasteiger partial charge is 0.481 e. The Morgan fingerprint density at radius 3 is 2.61 bits per heavy atom. The van der Waals surface area contributed by atoms with Crippen LogP contribution in [-0.2, 0) is 4.79 Å². The fraction of sp³-hybridized carbons (Fsp3) is 0.933. The number of nitrogens with zero attached hydrogens (tertiary/aromatic N) is 1. The van der Waals surface area contributed by atoms with Crippen molar-refractivity contribution in [2.75, 3.05) is 6.54 Å². The highest BCUT2D eigenvalue weighted by atomic mass is 16.4. The van der Waals surface area contributed by atoms with E-state index in [1.54, 1.807) is 0 Å². The van der Waals surface area contributed by atoms with Gasteiger partial charge in [0.15, 0.2) is 0 Å². The lowest BCUT2D eigenvalue weighted by Gasteiger charge is -2.42. The van der Waals surface area contributed by atoms with Gasteiger partial charge in [-0.15, -0.1) is 0 Å². The van der Waals surface area contributed by atoms with Crippen molar-refractivity contribution >= 4 is 5.97 Å². The van der Waals surface area contributed by atoms with Gasteiger partial charge in [-0.3, -0.25) is 9.69 Å². The molecule has 0 aromatic carbocycles. The monoisotopic (exact) mass is 253 g/mol. The third-order valence-corrected chi connectivity index (χ3v) is 4.93. The van der Waals surface area contributed by atoms with Crippen LogP contribution >= 0.6 is 0 Å². The van der Waals surface area contributed by atoms with Crippen molar-refractivity contribution in [2.24, 2.45) is 11.8 Å². The molecule has 0 amide bonds. The zero-order chi connectivity index (χ0) is 13.1. The Kier molecular flexibility index (Phi) is 4.66. The van der Waals surface area contributed by atoms with Gasteiger partial charge < -0.3 is 5.11 Å².